The predicted molar refractivity (Wildman–Crippen MR) is 164 cm³/mol. The van der Waals surface area contributed by atoms with Gasteiger partial charge in [0.1, 0.15) is 24.9 Å². The predicted octanol–water partition coefficient (Wildman–Crippen LogP) is 5.67. The summed E-state index contributed by atoms with van der Waals surface area (Å²) in [6.45, 7) is 4.09. The first-order valence-electron chi connectivity index (χ1n) is 13.3. The molecular weight excluding hydrogens is 585 g/mol. The molecule has 41 heavy (non-hydrogen) atoms. The van der Waals surface area contributed by atoms with Gasteiger partial charge >= 0.3 is 0 Å². The lowest BCUT2D eigenvalue weighted by Gasteiger charge is -2.33. The molecule has 0 aliphatic heterocycles. The van der Waals surface area contributed by atoms with Crippen molar-refractivity contribution in [2.24, 2.45) is 0 Å². The van der Waals surface area contributed by atoms with Crippen LogP contribution in [0.1, 0.15) is 37.8 Å². The summed E-state index contributed by atoms with van der Waals surface area (Å²) in [4.78, 5) is 28.2. The zero-order valence-corrected chi connectivity index (χ0v) is 25.7. The number of sulfonamides is 1. The van der Waals surface area contributed by atoms with Gasteiger partial charge in [-0.2, -0.15) is 0 Å². The van der Waals surface area contributed by atoms with E-state index in [0.29, 0.717) is 46.6 Å². The fourth-order valence-corrected chi connectivity index (χ4v) is 5.35. The molecule has 0 unspecified atom stereocenters. The molecule has 11 heteroatoms. The summed E-state index contributed by atoms with van der Waals surface area (Å²) < 4.78 is 32.5. The van der Waals surface area contributed by atoms with Gasteiger partial charge in [-0.1, -0.05) is 73.4 Å². The summed E-state index contributed by atoms with van der Waals surface area (Å²) in [5.41, 5.74) is 1.95. The van der Waals surface area contributed by atoms with Crippen LogP contribution in [0, 0.1) is 0 Å². The Hall–Kier alpha value is -3.27. The van der Waals surface area contributed by atoms with Crippen LogP contribution in [0.3, 0.4) is 0 Å². The van der Waals surface area contributed by atoms with Crippen molar-refractivity contribution in [1.29, 1.82) is 0 Å². The van der Waals surface area contributed by atoms with E-state index in [1.807, 2.05) is 37.3 Å². The fourth-order valence-electron chi connectivity index (χ4n) is 4.18. The summed E-state index contributed by atoms with van der Waals surface area (Å²) in [6, 6.07) is 20.3. The summed E-state index contributed by atoms with van der Waals surface area (Å²) in [6.07, 6.45) is 2.10. The Morgan fingerprint density at radius 3 is 2.20 bits per heavy atom. The van der Waals surface area contributed by atoms with Crippen molar-refractivity contribution in [2.45, 2.75) is 45.9 Å². The monoisotopic (exact) mass is 619 g/mol. The van der Waals surface area contributed by atoms with E-state index in [2.05, 4.69) is 5.32 Å². The zero-order valence-electron chi connectivity index (χ0n) is 23.3. The van der Waals surface area contributed by atoms with Gasteiger partial charge < -0.3 is 15.0 Å². The van der Waals surface area contributed by atoms with E-state index in [0.717, 1.165) is 22.5 Å². The van der Waals surface area contributed by atoms with E-state index < -0.39 is 28.5 Å². The molecule has 3 rings (SSSR count). The molecule has 220 valence electrons. The average molecular weight is 621 g/mol. The van der Waals surface area contributed by atoms with Gasteiger partial charge in [0.25, 0.3) is 0 Å². The Bertz CT molecular complexity index is 1420. The zero-order chi connectivity index (χ0) is 30.0. The Labute approximate surface area is 252 Å². The SMILES string of the molecule is CCCNC(=O)[C@H](CC)N(Cc1ccc(Cl)c(Cl)c1)C(=O)CN(c1ccc(OCc2ccccc2)cc1)S(C)(=O)=O. The molecule has 0 fully saturated rings. The molecule has 0 saturated heterocycles. The number of benzene rings is 3. The third-order valence-electron chi connectivity index (χ3n) is 6.32. The van der Waals surface area contributed by atoms with E-state index in [4.69, 9.17) is 27.9 Å². The second-order valence-electron chi connectivity index (χ2n) is 9.52. The van der Waals surface area contributed by atoms with Crippen LogP contribution >= 0.6 is 23.2 Å². The summed E-state index contributed by atoms with van der Waals surface area (Å²) >= 11 is 12.3. The van der Waals surface area contributed by atoms with Crippen LogP contribution in [0.5, 0.6) is 5.75 Å². The fraction of sp³-hybridized carbons (Fsp3) is 0.333. The molecule has 0 aromatic heterocycles. The summed E-state index contributed by atoms with van der Waals surface area (Å²) in [7, 11) is -3.86. The minimum absolute atomic E-state index is 0.0393. The highest BCUT2D eigenvalue weighted by atomic mass is 35.5. The quantitative estimate of drug-likeness (QED) is 0.251. The maximum Gasteiger partial charge on any atom is 0.244 e. The topological polar surface area (TPSA) is 96.0 Å². The lowest BCUT2D eigenvalue weighted by atomic mass is 10.1. The van der Waals surface area contributed by atoms with E-state index in [-0.39, 0.29) is 12.5 Å². The highest BCUT2D eigenvalue weighted by molar-refractivity contribution is 7.92. The largest absolute Gasteiger partial charge is 0.489 e. The normalized spacial score (nSPS) is 11.9. The second-order valence-corrected chi connectivity index (χ2v) is 12.2. The summed E-state index contributed by atoms with van der Waals surface area (Å²) in [5, 5.41) is 3.52. The third-order valence-corrected chi connectivity index (χ3v) is 8.20. The Kier molecular flexibility index (Phi) is 11.9. The smallest absolute Gasteiger partial charge is 0.244 e. The van der Waals surface area contributed by atoms with Crippen molar-refractivity contribution < 1.29 is 22.7 Å². The number of nitrogens with zero attached hydrogens (tertiary/aromatic N) is 2. The van der Waals surface area contributed by atoms with Gasteiger partial charge in [-0.05, 0) is 60.4 Å². The molecule has 1 atom stereocenters. The van der Waals surface area contributed by atoms with E-state index in [1.165, 1.54) is 4.90 Å². The molecule has 0 aliphatic carbocycles. The standard InChI is InChI=1S/C30H35Cl2N3O5S/c1-4-17-33-30(37)28(5-2)34(19-23-11-16-26(31)27(32)18-23)29(36)20-35(41(3,38)39)24-12-14-25(15-13-24)40-21-22-9-7-6-8-10-22/h6-16,18,28H,4-5,17,19-21H2,1-3H3,(H,33,37)/t28-/m0/s1. The maximum absolute atomic E-state index is 13.8. The van der Waals surface area contributed by atoms with E-state index in [1.54, 1.807) is 49.4 Å². The molecular formula is C30H35Cl2N3O5S. The van der Waals surface area contributed by atoms with Crippen molar-refractivity contribution in [3.8, 4) is 5.75 Å². The molecule has 2 amide bonds. The van der Waals surface area contributed by atoms with Gasteiger partial charge in [-0.25, -0.2) is 8.42 Å². The van der Waals surface area contributed by atoms with Crippen molar-refractivity contribution >= 4 is 50.7 Å². The molecule has 0 heterocycles. The number of carbonyl (C=O) groups excluding carboxylic acids is 2. The van der Waals surface area contributed by atoms with Crippen LogP contribution in [0.2, 0.25) is 10.0 Å². The highest BCUT2D eigenvalue weighted by Gasteiger charge is 2.31. The van der Waals surface area contributed by atoms with Crippen LogP contribution in [0.15, 0.2) is 72.8 Å². The number of ether oxygens (including phenoxy) is 1. The number of nitrogens with one attached hydrogen (secondary N) is 1. The van der Waals surface area contributed by atoms with Gasteiger partial charge in [-0.15, -0.1) is 0 Å². The maximum atomic E-state index is 13.8. The minimum atomic E-state index is -3.86. The van der Waals surface area contributed by atoms with Gasteiger partial charge in [-0.3, -0.25) is 13.9 Å². The molecule has 0 bridgehead atoms. The molecule has 8 nitrogen and oxygen atoms in total. The van der Waals surface area contributed by atoms with Crippen LogP contribution < -0.4 is 14.4 Å². The lowest BCUT2D eigenvalue weighted by molar-refractivity contribution is -0.140. The molecule has 0 saturated carbocycles. The molecule has 0 radical (unpaired) electrons. The number of halogens is 2. The number of anilines is 1. The molecule has 1 N–H and O–H groups in total. The van der Waals surface area contributed by atoms with Crippen molar-refractivity contribution in [3.63, 3.8) is 0 Å². The molecule has 0 aliphatic rings. The molecule has 3 aromatic rings. The first kappa shape index (κ1) is 32.2. The van der Waals surface area contributed by atoms with E-state index >= 15 is 0 Å². The molecule has 0 spiro atoms. The first-order chi connectivity index (χ1) is 19.5. The minimum Gasteiger partial charge on any atom is -0.489 e. The van der Waals surface area contributed by atoms with Crippen LogP contribution in [-0.4, -0.2) is 50.5 Å². The van der Waals surface area contributed by atoms with Crippen LogP contribution in [0.4, 0.5) is 5.69 Å². The molecule has 3 aromatic carbocycles. The van der Waals surface area contributed by atoms with Crippen molar-refractivity contribution in [1.82, 2.24) is 10.2 Å². The van der Waals surface area contributed by atoms with Gasteiger partial charge in [0.05, 0.1) is 22.0 Å². The second kappa shape index (κ2) is 15.1. The summed E-state index contributed by atoms with van der Waals surface area (Å²) in [5.74, 6) is -0.296. The van der Waals surface area contributed by atoms with Gasteiger partial charge in [0, 0.05) is 13.1 Å². The Morgan fingerprint density at radius 2 is 1.61 bits per heavy atom. The van der Waals surface area contributed by atoms with Crippen molar-refractivity contribution in [2.75, 3.05) is 23.7 Å². The highest BCUT2D eigenvalue weighted by Crippen LogP contribution is 2.26. The first-order valence-corrected chi connectivity index (χ1v) is 15.9. The Balaban J connectivity index is 1.86. The number of amides is 2. The Morgan fingerprint density at radius 1 is 0.927 bits per heavy atom. The van der Waals surface area contributed by atoms with Crippen LogP contribution in [0.25, 0.3) is 0 Å². The van der Waals surface area contributed by atoms with Crippen LogP contribution in [-0.2, 0) is 32.8 Å². The number of rotatable bonds is 14. The number of hydrogen-bond acceptors (Lipinski definition) is 5. The van der Waals surface area contributed by atoms with Gasteiger partial charge in [0.2, 0.25) is 21.8 Å². The number of carbonyl (C=O) groups is 2. The number of hydrogen-bond donors (Lipinski definition) is 1. The lowest BCUT2D eigenvalue weighted by Crippen LogP contribution is -2.52. The van der Waals surface area contributed by atoms with Crippen molar-refractivity contribution in [3.05, 3.63) is 94.0 Å². The average Bonchev–Trinajstić information content (AvgIpc) is 2.95. The van der Waals surface area contributed by atoms with E-state index in [9.17, 15) is 18.0 Å². The third kappa shape index (κ3) is 9.38. The van der Waals surface area contributed by atoms with Gasteiger partial charge in [0.15, 0.2) is 0 Å².